The molecule has 0 saturated heterocycles. The monoisotopic (exact) mass is 352 g/mol. The van der Waals surface area contributed by atoms with Gasteiger partial charge in [0.25, 0.3) is 0 Å². The van der Waals surface area contributed by atoms with Crippen LogP contribution in [0.4, 0.5) is 0 Å². The van der Waals surface area contributed by atoms with Crippen molar-refractivity contribution in [3.8, 4) is 11.5 Å². The third-order valence-corrected chi connectivity index (χ3v) is 4.17. The van der Waals surface area contributed by atoms with Gasteiger partial charge in [-0.05, 0) is 17.7 Å². The molecule has 1 aliphatic heterocycles. The molecule has 2 aromatic carbocycles. The highest BCUT2D eigenvalue weighted by atomic mass is 16.5. The maximum atomic E-state index is 12.1. The lowest BCUT2D eigenvalue weighted by atomic mass is 9.98. The first-order valence-corrected chi connectivity index (χ1v) is 8.28. The van der Waals surface area contributed by atoms with Crippen LogP contribution in [-0.2, 0) is 9.59 Å². The van der Waals surface area contributed by atoms with Gasteiger partial charge in [-0.15, -0.1) is 0 Å². The molecule has 6 heteroatoms. The Morgan fingerprint density at radius 1 is 1.12 bits per heavy atom. The number of esters is 1. The lowest BCUT2D eigenvalue weighted by Gasteiger charge is -2.20. The summed E-state index contributed by atoms with van der Waals surface area (Å²) in [6, 6.07) is 14.8. The van der Waals surface area contributed by atoms with Gasteiger partial charge in [0.05, 0.1) is 18.9 Å². The van der Waals surface area contributed by atoms with Gasteiger partial charge in [-0.1, -0.05) is 30.3 Å². The minimum Gasteiger partial charge on any atom is -0.497 e. The van der Waals surface area contributed by atoms with Gasteiger partial charge in [0.1, 0.15) is 11.5 Å². The standard InChI is InChI=1S/C20H20N2O4/c1-13(23)22-19(15-7-5-4-6-8-15)12-18(21-22)17-10-9-16(25-3)11-20(17)26-14(2)24/h4-11,19H,12H2,1-3H3/t19-/m0/s1. The second-order valence-electron chi connectivity index (χ2n) is 6.00. The Morgan fingerprint density at radius 3 is 2.46 bits per heavy atom. The minimum absolute atomic E-state index is 0.142. The largest absolute Gasteiger partial charge is 0.497 e. The van der Waals surface area contributed by atoms with E-state index in [1.165, 1.54) is 18.9 Å². The zero-order valence-electron chi connectivity index (χ0n) is 14.9. The Balaban J connectivity index is 2.00. The zero-order valence-corrected chi connectivity index (χ0v) is 14.9. The maximum Gasteiger partial charge on any atom is 0.308 e. The molecule has 2 aromatic rings. The number of rotatable bonds is 4. The van der Waals surface area contributed by atoms with E-state index in [-0.39, 0.29) is 11.9 Å². The van der Waals surface area contributed by atoms with Crippen LogP contribution in [-0.4, -0.2) is 29.7 Å². The molecule has 0 spiro atoms. The van der Waals surface area contributed by atoms with Crippen molar-refractivity contribution in [3.05, 3.63) is 59.7 Å². The average molecular weight is 352 g/mol. The quantitative estimate of drug-likeness (QED) is 0.625. The number of methoxy groups -OCH3 is 1. The average Bonchev–Trinajstić information content (AvgIpc) is 3.07. The summed E-state index contributed by atoms with van der Waals surface area (Å²) in [4.78, 5) is 23.6. The van der Waals surface area contributed by atoms with E-state index in [2.05, 4.69) is 5.10 Å². The normalized spacial score (nSPS) is 16.2. The highest BCUT2D eigenvalue weighted by Crippen LogP contribution is 2.36. The van der Waals surface area contributed by atoms with Gasteiger partial charge < -0.3 is 9.47 Å². The van der Waals surface area contributed by atoms with Crippen LogP contribution in [0.15, 0.2) is 53.6 Å². The van der Waals surface area contributed by atoms with Gasteiger partial charge in [-0.2, -0.15) is 5.10 Å². The maximum absolute atomic E-state index is 12.1. The summed E-state index contributed by atoms with van der Waals surface area (Å²) < 4.78 is 10.5. The van der Waals surface area contributed by atoms with Crippen LogP contribution in [0.1, 0.15) is 37.4 Å². The summed E-state index contributed by atoms with van der Waals surface area (Å²) in [5.74, 6) is 0.372. The Morgan fingerprint density at radius 2 is 1.85 bits per heavy atom. The second kappa shape index (κ2) is 7.39. The number of benzene rings is 2. The van der Waals surface area contributed by atoms with Crippen LogP contribution in [0.25, 0.3) is 0 Å². The van der Waals surface area contributed by atoms with Crippen molar-refractivity contribution in [3.63, 3.8) is 0 Å². The summed E-state index contributed by atoms with van der Waals surface area (Å²) >= 11 is 0. The first-order chi connectivity index (χ1) is 12.5. The Labute approximate surface area is 152 Å². The van der Waals surface area contributed by atoms with Crippen molar-refractivity contribution in [2.24, 2.45) is 5.10 Å². The Bertz CT molecular complexity index is 861. The molecule has 134 valence electrons. The SMILES string of the molecule is COc1ccc(C2=NN(C(C)=O)[C@H](c3ccccc3)C2)c(OC(C)=O)c1. The summed E-state index contributed by atoms with van der Waals surface area (Å²) in [7, 11) is 1.54. The number of hydrogen-bond acceptors (Lipinski definition) is 5. The molecule has 1 atom stereocenters. The molecule has 1 aliphatic rings. The fraction of sp³-hybridized carbons (Fsp3) is 0.250. The van der Waals surface area contributed by atoms with Gasteiger partial charge in [-0.25, -0.2) is 5.01 Å². The van der Waals surface area contributed by atoms with Gasteiger partial charge in [0.2, 0.25) is 5.91 Å². The van der Waals surface area contributed by atoms with Gasteiger partial charge in [0.15, 0.2) is 0 Å². The lowest BCUT2D eigenvalue weighted by molar-refractivity contribution is -0.132. The topological polar surface area (TPSA) is 68.2 Å². The fourth-order valence-corrected chi connectivity index (χ4v) is 3.01. The van der Waals surface area contributed by atoms with E-state index in [1.807, 2.05) is 30.3 Å². The molecule has 0 saturated carbocycles. The third kappa shape index (κ3) is 3.59. The predicted octanol–water partition coefficient (Wildman–Crippen LogP) is 3.32. The van der Waals surface area contributed by atoms with E-state index in [1.54, 1.807) is 25.3 Å². The summed E-state index contributed by atoms with van der Waals surface area (Å²) in [6.07, 6.45) is 0.532. The first-order valence-electron chi connectivity index (χ1n) is 8.28. The van der Waals surface area contributed by atoms with Crippen LogP contribution in [0.3, 0.4) is 0 Å². The van der Waals surface area contributed by atoms with Crippen molar-refractivity contribution in [1.29, 1.82) is 0 Å². The fourth-order valence-electron chi connectivity index (χ4n) is 3.01. The number of nitrogens with zero attached hydrogens (tertiary/aromatic N) is 2. The molecule has 6 nitrogen and oxygen atoms in total. The number of hydrogen-bond donors (Lipinski definition) is 0. The van der Waals surface area contributed by atoms with Crippen LogP contribution < -0.4 is 9.47 Å². The summed E-state index contributed by atoms with van der Waals surface area (Å²) in [6.45, 7) is 2.83. The summed E-state index contributed by atoms with van der Waals surface area (Å²) in [5.41, 5.74) is 2.36. The molecule has 0 N–H and O–H groups in total. The van der Waals surface area contributed by atoms with Crippen molar-refractivity contribution >= 4 is 17.6 Å². The van der Waals surface area contributed by atoms with Crippen molar-refractivity contribution in [1.82, 2.24) is 5.01 Å². The highest BCUT2D eigenvalue weighted by molar-refractivity contribution is 6.05. The number of carbonyl (C=O) groups excluding carboxylic acids is 2. The lowest BCUT2D eigenvalue weighted by Crippen LogP contribution is -2.24. The van der Waals surface area contributed by atoms with Crippen molar-refractivity contribution < 1.29 is 19.1 Å². The molecular formula is C20H20N2O4. The minimum atomic E-state index is -0.430. The van der Waals surface area contributed by atoms with Gasteiger partial charge in [-0.3, -0.25) is 9.59 Å². The van der Waals surface area contributed by atoms with Crippen LogP contribution in [0.2, 0.25) is 0 Å². The van der Waals surface area contributed by atoms with Crippen LogP contribution in [0, 0.1) is 0 Å². The smallest absolute Gasteiger partial charge is 0.308 e. The molecule has 0 aliphatic carbocycles. The number of ether oxygens (including phenoxy) is 2. The molecule has 26 heavy (non-hydrogen) atoms. The van der Waals surface area contributed by atoms with E-state index >= 15 is 0 Å². The van der Waals surface area contributed by atoms with E-state index in [0.717, 1.165) is 5.56 Å². The summed E-state index contributed by atoms with van der Waals surface area (Å²) in [5, 5.41) is 5.99. The second-order valence-corrected chi connectivity index (χ2v) is 6.00. The Hall–Kier alpha value is -3.15. The van der Waals surface area contributed by atoms with E-state index in [9.17, 15) is 9.59 Å². The van der Waals surface area contributed by atoms with Gasteiger partial charge in [0, 0.05) is 31.9 Å². The zero-order chi connectivity index (χ0) is 18.7. The molecule has 0 radical (unpaired) electrons. The molecule has 1 amide bonds. The number of hydrazone groups is 1. The molecule has 0 fully saturated rings. The molecule has 0 bridgehead atoms. The van der Waals surface area contributed by atoms with E-state index in [0.29, 0.717) is 29.2 Å². The first kappa shape index (κ1) is 17.7. The highest BCUT2D eigenvalue weighted by Gasteiger charge is 2.32. The molecule has 3 rings (SSSR count). The molecular weight excluding hydrogens is 332 g/mol. The van der Waals surface area contributed by atoms with Crippen LogP contribution >= 0.6 is 0 Å². The number of amides is 1. The van der Waals surface area contributed by atoms with Crippen molar-refractivity contribution in [2.45, 2.75) is 26.3 Å². The molecule has 0 aromatic heterocycles. The predicted molar refractivity (Wildman–Crippen MR) is 97.2 cm³/mol. The molecule has 0 unspecified atom stereocenters. The van der Waals surface area contributed by atoms with E-state index in [4.69, 9.17) is 9.47 Å². The van der Waals surface area contributed by atoms with E-state index < -0.39 is 5.97 Å². The molecule has 1 heterocycles. The third-order valence-electron chi connectivity index (χ3n) is 4.17. The van der Waals surface area contributed by atoms with Crippen LogP contribution in [0.5, 0.6) is 11.5 Å². The number of carbonyl (C=O) groups is 2. The Kier molecular flexibility index (Phi) is 5.02. The van der Waals surface area contributed by atoms with Gasteiger partial charge >= 0.3 is 5.97 Å². The van der Waals surface area contributed by atoms with Crippen molar-refractivity contribution in [2.75, 3.05) is 7.11 Å².